The van der Waals surface area contributed by atoms with Crippen LogP contribution in [0.25, 0.3) is 0 Å². The van der Waals surface area contributed by atoms with E-state index in [4.69, 9.17) is 5.73 Å². The highest BCUT2D eigenvalue weighted by Crippen LogP contribution is 2.16. The van der Waals surface area contributed by atoms with Crippen LogP contribution in [0.4, 0.5) is 5.82 Å². The number of likely N-dealkylation sites (tertiary alicyclic amines) is 1. The molecule has 110 valence electrons. The number of nitrogens with zero attached hydrogens (tertiary/aromatic N) is 3. The van der Waals surface area contributed by atoms with Gasteiger partial charge in [0, 0.05) is 19.1 Å². The molecule has 2 heterocycles. The van der Waals surface area contributed by atoms with Gasteiger partial charge in [-0.25, -0.2) is 4.98 Å². The van der Waals surface area contributed by atoms with E-state index in [0.29, 0.717) is 12.6 Å². The number of carbonyl (C=O) groups is 1. The summed E-state index contributed by atoms with van der Waals surface area (Å²) in [6.07, 6.45) is 7.71. The summed E-state index contributed by atoms with van der Waals surface area (Å²) in [6.45, 7) is 5.14. The molecule has 0 aliphatic carbocycles. The average molecular weight is 277 g/mol. The van der Waals surface area contributed by atoms with Gasteiger partial charge in [0.05, 0.1) is 12.4 Å². The molecule has 1 aromatic rings. The van der Waals surface area contributed by atoms with Gasteiger partial charge in [-0.2, -0.15) is 0 Å². The summed E-state index contributed by atoms with van der Waals surface area (Å²) in [5.74, 6) is 0.0521. The predicted molar refractivity (Wildman–Crippen MR) is 78.3 cm³/mol. The Hall–Kier alpha value is -1.69. The molecule has 0 bridgehead atoms. The van der Waals surface area contributed by atoms with Crippen LogP contribution in [0.2, 0.25) is 0 Å². The van der Waals surface area contributed by atoms with Crippen LogP contribution >= 0.6 is 0 Å². The molecule has 6 heteroatoms. The van der Waals surface area contributed by atoms with E-state index in [9.17, 15) is 4.79 Å². The molecule has 6 nitrogen and oxygen atoms in total. The first-order valence-electron chi connectivity index (χ1n) is 7.26. The molecule has 1 unspecified atom stereocenters. The Morgan fingerprint density at radius 2 is 2.35 bits per heavy atom. The SMILES string of the molecule is CC1CCCCN1CCCNC(=O)c1cncc(N)n1. The number of piperidine rings is 1. The fourth-order valence-corrected chi connectivity index (χ4v) is 2.55. The van der Waals surface area contributed by atoms with E-state index in [1.165, 1.54) is 38.2 Å². The van der Waals surface area contributed by atoms with Gasteiger partial charge in [-0.1, -0.05) is 6.42 Å². The van der Waals surface area contributed by atoms with Crippen molar-refractivity contribution in [3.63, 3.8) is 0 Å². The highest BCUT2D eigenvalue weighted by atomic mass is 16.1. The van der Waals surface area contributed by atoms with Crippen LogP contribution in [0, 0.1) is 0 Å². The fourth-order valence-electron chi connectivity index (χ4n) is 2.55. The summed E-state index contributed by atoms with van der Waals surface area (Å²) in [6, 6.07) is 0.666. The average Bonchev–Trinajstić information content (AvgIpc) is 2.45. The summed E-state index contributed by atoms with van der Waals surface area (Å²) in [7, 11) is 0. The Morgan fingerprint density at radius 1 is 1.50 bits per heavy atom. The smallest absolute Gasteiger partial charge is 0.271 e. The number of nitrogen functional groups attached to an aromatic ring is 1. The minimum atomic E-state index is -0.212. The van der Waals surface area contributed by atoms with E-state index >= 15 is 0 Å². The summed E-state index contributed by atoms with van der Waals surface area (Å²) in [5, 5.41) is 2.86. The van der Waals surface area contributed by atoms with Crippen molar-refractivity contribution in [2.45, 2.75) is 38.6 Å². The van der Waals surface area contributed by atoms with Crippen LogP contribution in [-0.2, 0) is 0 Å². The fraction of sp³-hybridized carbons (Fsp3) is 0.643. The molecule has 0 aromatic carbocycles. The van der Waals surface area contributed by atoms with Crippen LogP contribution in [0.1, 0.15) is 43.1 Å². The number of rotatable bonds is 5. The molecule has 20 heavy (non-hydrogen) atoms. The van der Waals surface area contributed by atoms with Crippen LogP contribution < -0.4 is 11.1 Å². The lowest BCUT2D eigenvalue weighted by Gasteiger charge is -2.33. The Balaban J connectivity index is 1.69. The normalized spacial score (nSPS) is 19.8. The van der Waals surface area contributed by atoms with E-state index in [0.717, 1.165) is 13.0 Å². The van der Waals surface area contributed by atoms with Gasteiger partial charge >= 0.3 is 0 Å². The molecular weight excluding hydrogens is 254 g/mol. The van der Waals surface area contributed by atoms with Gasteiger partial charge in [-0.3, -0.25) is 9.78 Å². The largest absolute Gasteiger partial charge is 0.382 e. The topological polar surface area (TPSA) is 84.1 Å². The van der Waals surface area contributed by atoms with Crippen molar-refractivity contribution in [3.8, 4) is 0 Å². The van der Waals surface area contributed by atoms with Gasteiger partial charge in [0.1, 0.15) is 11.5 Å². The van der Waals surface area contributed by atoms with Gasteiger partial charge in [-0.15, -0.1) is 0 Å². The van der Waals surface area contributed by atoms with Crippen molar-refractivity contribution in [2.24, 2.45) is 0 Å². The predicted octanol–water partition coefficient (Wildman–Crippen LogP) is 1.05. The molecule has 0 radical (unpaired) electrons. The number of hydrogen-bond acceptors (Lipinski definition) is 5. The molecule has 0 spiro atoms. The summed E-state index contributed by atoms with van der Waals surface area (Å²) < 4.78 is 0. The van der Waals surface area contributed by atoms with Crippen molar-refractivity contribution in [1.29, 1.82) is 0 Å². The lowest BCUT2D eigenvalue weighted by atomic mass is 10.0. The van der Waals surface area contributed by atoms with E-state index in [1.807, 2.05) is 0 Å². The Labute approximate surface area is 119 Å². The summed E-state index contributed by atoms with van der Waals surface area (Å²) >= 11 is 0. The molecule has 1 aliphatic heterocycles. The highest BCUT2D eigenvalue weighted by Gasteiger charge is 2.17. The van der Waals surface area contributed by atoms with Crippen LogP contribution in [0.15, 0.2) is 12.4 Å². The number of nitrogens with one attached hydrogen (secondary N) is 1. The lowest BCUT2D eigenvalue weighted by molar-refractivity contribution is 0.0943. The van der Waals surface area contributed by atoms with Crippen molar-refractivity contribution >= 4 is 11.7 Å². The second kappa shape index (κ2) is 7.19. The zero-order valence-corrected chi connectivity index (χ0v) is 12.0. The van der Waals surface area contributed by atoms with Crippen molar-refractivity contribution in [1.82, 2.24) is 20.2 Å². The van der Waals surface area contributed by atoms with E-state index < -0.39 is 0 Å². The van der Waals surface area contributed by atoms with Crippen molar-refractivity contribution < 1.29 is 4.79 Å². The monoisotopic (exact) mass is 277 g/mol. The van der Waals surface area contributed by atoms with Crippen LogP contribution in [0.5, 0.6) is 0 Å². The molecule has 1 aromatic heterocycles. The minimum Gasteiger partial charge on any atom is -0.382 e. The van der Waals surface area contributed by atoms with Crippen molar-refractivity contribution in [3.05, 3.63) is 18.1 Å². The molecule has 1 aliphatic rings. The lowest BCUT2D eigenvalue weighted by Crippen LogP contribution is -2.39. The Bertz CT molecular complexity index is 451. The molecule has 0 saturated carbocycles. The van der Waals surface area contributed by atoms with Crippen LogP contribution in [-0.4, -0.2) is 46.5 Å². The van der Waals surface area contributed by atoms with Gasteiger partial charge in [0.25, 0.3) is 5.91 Å². The molecule has 3 N–H and O–H groups in total. The third-order valence-corrected chi connectivity index (χ3v) is 3.73. The highest BCUT2D eigenvalue weighted by molar-refractivity contribution is 5.92. The maximum absolute atomic E-state index is 11.8. The maximum Gasteiger partial charge on any atom is 0.271 e. The molecule has 1 amide bonds. The first-order valence-corrected chi connectivity index (χ1v) is 7.26. The van der Waals surface area contributed by atoms with Gasteiger partial charge in [0.2, 0.25) is 0 Å². The van der Waals surface area contributed by atoms with E-state index in [1.54, 1.807) is 0 Å². The summed E-state index contributed by atoms with van der Waals surface area (Å²) in [5.41, 5.74) is 5.78. The third kappa shape index (κ3) is 4.16. The molecular formula is C14H23N5O. The molecule has 1 fully saturated rings. The van der Waals surface area contributed by atoms with Gasteiger partial charge in [0.15, 0.2) is 0 Å². The van der Waals surface area contributed by atoms with Gasteiger partial charge < -0.3 is 16.0 Å². The minimum absolute atomic E-state index is 0.212. The van der Waals surface area contributed by atoms with Crippen LogP contribution in [0.3, 0.4) is 0 Å². The molecule has 1 saturated heterocycles. The third-order valence-electron chi connectivity index (χ3n) is 3.73. The number of anilines is 1. The Kier molecular flexibility index (Phi) is 5.29. The number of carbonyl (C=O) groups excluding carboxylic acids is 1. The van der Waals surface area contributed by atoms with Crippen molar-refractivity contribution in [2.75, 3.05) is 25.4 Å². The number of nitrogens with two attached hydrogens (primary N) is 1. The standard InChI is InChI=1S/C14H23N5O/c1-11-5-2-3-7-19(11)8-4-6-17-14(20)12-9-16-10-13(15)18-12/h9-11H,2-8H2,1H3,(H2,15,18)(H,17,20). The van der Waals surface area contributed by atoms with E-state index in [-0.39, 0.29) is 17.4 Å². The quantitative estimate of drug-likeness (QED) is 0.786. The molecule has 2 rings (SSSR count). The van der Waals surface area contributed by atoms with E-state index in [2.05, 4.69) is 27.1 Å². The zero-order valence-electron chi connectivity index (χ0n) is 12.0. The zero-order chi connectivity index (χ0) is 14.4. The first kappa shape index (κ1) is 14.7. The second-order valence-corrected chi connectivity index (χ2v) is 5.32. The Morgan fingerprint density at radius 3 is 3.10 bits per heavy atom. The van der Waals surface area contributed by atoms with Gasteiger partial charge in [-0.05, 0) is 32.7 Å². The molecule has 1 atom stereocenters. The summed E-state index contributed by atoms with van der Waals surface area (Å²) in [4.78, 5) is 22.1. The number of aromatic nitrogens is 2. The number of amides is 1. The maximum atomic E-state index is 11.8. The second-order valence-electron chi connectivity index (χ2n) is 5.32. The number of hydrogen-bond donors (Lipinski definition) is 2. The first-order chi connectivity index (χ1) is 9.66.